The molecule has 2 aromatic carbocycles. The number of urea groups is 1. The SMILES string of the molecule is CCOc1ccc(NC(=O)Nc2nnc(COc3ccc([C@@H](C)CC)cc3)s2)cc1. The molecular formula is C22H26N4O3S. The van der Waals surface area contributed by atoms with Gasteiger partial charge in [0.1, 0.15) is 18.1 Å². The number of amides is 2. The van der Waals surface area contributed by atoms with Crippen molar-refractivity contribution in [2.75, 3.05) is 17.2 Å². The first-order valence-corrected chi connectivity index (χ1v) is 10.7. The van der Waals surface area contributed by atoms with E-state index in [0.29, 0.717) is 35.0 Å². The third kappa shape index (κ3) is 6.18. The number of ether oxygens (including phenoxy) is 2. The number of nitrogens with zero attached hydrogens (tertiary/aromatic N) is 2. The molecule has 1 atom stereocenters. The average molecular weight is 427 g/mol. The van der Waals surface area contributed by atoms with Gasteiger partial charge in [0.2, 0.25) is 5.13 Å². The molecule has 2 N–H and O–H groups in total. The minimum Gasteiger partial charge on any atom is -0.494 e. The third-order valence-electron chi connectivity index (χ3n) is 4.53. The van der Waals surface area contributed by atoms with Gasteiger partial charge in [0.15, 0.2) is 5.01 Å². The molecule has 0 spiro atoms. The quantitative estimate of drug-likeness (QED) is 0.460. The summed E-state index contributed by atoms with van der Waals surface area (Å²) in [6.45, 7) is 7.19. The third-order valence-corrected chi connectivity index (χ3v) is 5.35. The molecule has 0 bridgehead atoms. The maximum Gasteiger partial charge on any atom is 0.325 e. The van der Waals surface area contributed by atoms with Crippen molar-refractivity contribution in [3.05, 3.63) is 59.1 Å². The molecule has 0 aliphatic carbocycles. The molecule has 7 nitrogen and oxygen atoms in total. The zero-order chi connectivity index (χ0) is 21.3. The van der Waals surface area contributed by atoms with Crippen LogP contribution in [-0.2, 0) is 6.61 Å². The summed E-state index contributed by atoms with van der Waals surface area (Å²) in [6, 6.07) is 14.9. The summed E-state index contributed by atoms with van der Waals surface area (Å²) in [6.07, 6.45) is 1.10. The molecule has 0 fully saturated rings. The summed E-state index contributed by atoms with van der Waals surface area (Å²) < 4.78 is 11.2. The fraction of sp³-hybridized carbons (Fsp3) is 0.318. The van der Waals surface area contributed by atoms with Crippen LogP contribution >= 0.6 is 11.3 Å². The molecule has 1 heterocycles. The van der Waals surface area contributed by atoms with Crippen molar-refractivity contribution in [1.29, 1.82) is 0 Å². The molecule has 0 unspecified atom stereocenters. The second-order valence-electron chi connectivity index (χ2n) is 6.70. The van der Waals surface area contributed by atoms with Gasteiger partial charge < -0.3 is 14.8 Å². The largest absolute Gasteiger partial charge is 0.494 e. The Morgan fingerprint density at radius 2 is 1.63 bits per heavy atom. The second kappa shape index (κ2) is 10.6. The maximum atomic E-state index is 12.1. The predicted molar refractivity (Wildman–Crippen MR) is 120 cm³/mol. The first-order chi connectivity index (χ1) is 14.6. The number of hydrogen-bond acceptors (Lipinski definition) is 6. The minimum absolute atomic E-state index is 0.294. The number of anilines is 2. The lowest BCUT2D eigenvalue weighted by atomic mass is 9.99. The summed E-state index contributed by atoms with van der Waals surface area (Å²) >= 11 is 1.27. The summed E-state index contributed by atoms with van der Waals surface area (Å²) in [7, 11) is 0. The molecule has 2 amide bonds. The number of aromatic nitrogens is 2. The highest BCUT2D eigenvalue weighted by Crippen LogP contribution is 2.23. The van der Waals surface area contributed by atoms with Crippen LogP contribution in [0.1, 0.15) is 43.7 Å². The second-order valence-corrected chi connectivity index (χ2v) is 7.77. The predicted octanol–water partition coefficient (Wildman–Crippen LogP) is 5.67. The summed E-state index contributed by atoms with van der Waals surface area (Å²) in [4.78, 5) is 12.1. The van der Waals surface area contributed by atoms with Gasteiger partial charge >= 0.3 is 6.03 Å². The molecule has 8 heteroatoms. The lowest BCUT2D eigenvalue weighted by Gasteiger charge is -2.10. The average Bonchev–Trinajstić information content (AvgIpc) is 3.20. The number of nitrogens with one attached hydrogen (secondary N) is 2. The van der Waals surface area contributed by atoms with Crippen molar-refractivity contribution < 1.29 is 14.3 Å². The first-order valence-electron chi connectivity index (χ1n) is 9.93. The Bertz CT molecular complexity index is 942. The number of benzene rings is 2. The Morgan fingerprint density at radius 1 is 0.967 bits per heavy atom. The summed E-state index contributed by atoms with van der Waals surface area (Å²) in [5.74, 6) is 2.07. The van der Waals surface area contributed by atoms with Gasteiger partial charge in [-0.15, -0.1) is 10.2 Å². The maximum absolute atomic E-state index is 12.1. The molecule has 1 aromatic heterocycles. The number of carbonyl (C=O) groups is 1. The van der Waals surface area contributed by atoms with E-state index in [9.17, 15) is 4.79 Å². The van der Waals surface area contributed by atoms with Gasteiger partial charge in [-0.3, -0.25) is 5.32 Å². The summed E-state index contributed by atoms with van der Waals surface area (Å²) in [5, 5.41) is 14.6. The Labute approximate surface area is 180 Å². The van der Waals surface area contributed by atoms with E-state index in [4.69, 9.17) is 9.47 Å². The van der Waals surface area contributed by atoms with Crippen molar-refractivity contribution in [2.24, 2.45) is 0 Å². The first kappa shape index (κ1) is 21.6. The van der Waals surface area contributed by atoms with Gasteiger partial charge in [-0.25, -0.2) is 4.79 Å². The molecule has 30 heavy (non-hydrogen) atoms. The van der Waals surface area contributed by atoms with Crippen LogP contribution in [0, 0.1) is 0 Å². The van der Waals surface area contributed by atoms with Crippen molar-refractivity contribution >= 4 is 28.2 Å². The van der Waals surface area contributed by atoms with E-state index in [-0.39, 0.29) is 6.03 Å². The van der Waals surface area contributed by atoms with E-state index in [1.807, 2.05) is 19.1 Å². The highest BCUT2D eigenvalue weighted by molar-refractivity contribution is 7.15. The number of hydrogen-bond donors (Lipinski definition) is 2. The normalized spacial score (nSPS) is 11.6. The van der Waals surface area contributed by atoms with E-state index in [1.54, 1.807) is 24.3 Å². The molecule has 0 aliphatic rings. The van der Waals surface area contributed by atoms with Crippen LogP contribution in [0.2, 0.25) is 0 Å². The molecule has 158 valence electrons. The van der Waals surface area contributed by atoms with Crippen molar-refractivity contribution in [3.8, 4) is 11.5 Å². The zero-order valence-electron chi connectivity index (χ0n) is 17.3. The standard InChI is InChI=1S/C22H26N4O3S/c1-4-15(3)16-6-10-19(11-7-16)29-14-20-25-26-22(30-20)24-21(27)23-17-8-12-18(13-9-17)28-5-2/h6-13,15H,4-5,14H2,1-3H3,(H2,23,24,26,27)/t15-/m0/s1. The Balaban J connectivity index is 1.48. The van der Waals surface area contributed by atoms with Crippen molar-refractivity contribution in [3.63, 3.8) is 0 Å². The van der Waals surface area contributed by atoms with Gasteiger partial charge in [0, 0.05) is 5.69 Å². The minimum atomic E-state index is -0.386. The molecular weight excluding hydrogens is 400 g/mol. The van der Waals surface area contributed by atoms with Gasteiger partial charge in [-0.05, 0) is 61.2 Å². The highest BCUT2D eigenvalue weighted by atomic mass is 32.1. The van der Waals surface area contributed by atoms with E-state index >= 15 is 0 Å². The van der Waals surface area contributed by atoms with Gasteiger partial charge in [-0.1, -0.05) is 37.3 Å². The topological polar surface area (TPSA) is 85.4 Å². The molecule has 0 saturated carbocycles. The smallest absolute Gasteiger partial charge is 0.325 e. The van der Waals surface area contributed by atoms with E-state index in [1.165, 1.54) is 16.9 Å². The fourth-order valence-corrected chi connectivity index (χ4v) is 3.34. The lowest BCUT2D eigenvalue weighted by molar-refractivity contribution is 0.262. The lowest BCUT2D eigenvalue weighted by Crippen LogP contribution is -2.19. The van der Waals surface area contributed by atoms with Crippen LogP contribution in [-0.4, -0.2) is 22.8 Å². The van der Waals surface area contributed by atoms with Gasteiger partial charge in [0.05, 0.1) is 6.61 Å². The van der Waals surface area contributed by atoms with Gasteiger partial charge in [0.25, 0.3) is 0 Å². The molecule has 0 aliphatic heterocycles. The number of rotatable bonds is 9. The fourth-order valence-electron chi connectivity index (χ4n) is 2.70. The van der Waals surface area contributed by atoms with Crippen LogP contribution < -0.4 is 20.1 Å². The number of carbonyl (C=O) groups excluding carboxylic acids is 1. The van der Waals surface area contributed by atoms with Crippen LogP contribution in [0.5, 0.6) is 11.5 Å². The Hall–Kier alpha value is -3.13. The molecule has 3 rings (SSSR count). The molecule has 0 saturated heterocycles. The van der Waals surface area contributed by atoms with E-state index < -0.39 is 0 Å². The monoisotopic (exact) mass is 426 g/mol. The Kier molecular flexibility index (Phi) is 7.62. The van der Waals surface area contributed by atoms with E-state index in [2.05, 4.69) is 46.8 Å². The van der Waals surface area contributed by atoms with Crippen molar-refractivity contribution in [2.45, 2.75) is 39.7 Å². The highest BCUT2D eigenvalue weighted by Gasteiger charge is 2.10. The Morgan fingerprint density at radius 3 is 2.30 bits per heavy atom. The van der Waals surface area contributed by atoms with Crippen LogP contribution in [0.4, 0.5) is 15.6 Å². The van der Waals surface area contributed by atoms with E-state index in [0.717, 1.165) is 17.9 Å². The van der Waals surface area contributed by atoms with Gasteiger partial charge in [-0.2, -0.15) is 0 Å². The zero-order valence-corrected chi connectivity index (χ0v) is 18.2. The van der Waals surface area contributed by atoms with Crippen LogP contribution in [0.25, 0.3) is 0 Å². The molecule has 3 aromatic rings. The van der Waals surface area contributed by atoms with Crippen LogP contribution in [0.3, 0.4) is 0 Å². The van der Waals surface area contributed by atoms with Crippen LogP contribution in [0.15, 0.2) is 48.5 Å². The summed E-state index contributed by atoms with van der Waals surface area (Å²) in [5.41, 5.74) is 1.95. The molecule has 0 radical (unpaired) electrons. The van der Waals surface area contributed by atoms with Crippen molar-refractivity contribution in [1.82, 2.24) is 10.2 Å².